The van der Waals surface area contributed by atoms with Gasteiger partial charge in [0, 0.05) is 0 Å². The third kappa shape index (κ3) is 62.0. The Morgan fingerprint density at radius 3 is 1.71 bits per heavy atom. The summed E-state index contributed by atoms with van der Waals surface area (Å²) in [7, 11) is -10.2. The molecule has 0 spiro atoms. The van der Waals surface area contributed by atoms with Gasteiger partial charge >= 0.3 is 75.6 Å². The number of urea groups is 1. The topological polar surface area (TPSA) is 216 Å². The van der Waals surface area contributed by atoms with E-state index in [1.807, 2.05) is 0 Å². The molecule has 0 fully saturated rings. The van der Waals surface area contributed by atoms with E-state index < -0.39 is 31.1 Å². The van der Waals surface area contributed by atoms with Gasteiger partial charge in [0.1, 0.15) is 6.16 Å². The molecule has 0 heterocycles. The number of carbonyl (C=O) groups is 1. The Balaban J connectivity index is -0.0000000670. The Morgan fingerprint density at radius 1 is 1.43 bits per heavy atom. The second-order valence-electron chi connectivity index (χ2n) is 3.39. The Morgan fingerprint density at radius 2 is 1.71 bits per heavy atom. The summed E-state index contributed by atoms with van der Waals surface area (Å²) in [6, 6.07) is -0.833. The zero-order valence-electron chi connectivity index (χ0n) is 12.6. The van der Waals surface area contributed by atoms with Crippen LogP contribution in [-0.4, -0.2) is 35.0 Å². The largest absolute Gasteiger partial charge is 1.00 e. The molecular formula is C5H19KN3O8P2S2+. The van der Waals surface area contributed by atoms with Gasteiger partial charge in [0.2, 0.25) is 0 Å². The van der Waals surface area contributed by atoms with Crippen LogP contribution in [-0.2, 0) is 30.7 Å². The fraction of sp³-hybridized carbons (Fsp3) is 0.800. The molecule has 0 bridgehead atoms. The third-order valence-electron chi connectivity index (χ3n) is 0.736. The van der Waals surface area contributed by atoms with Gasteiger partial charge in [0.15, 0.2) is 11.8 Å². The maximum Gasteiger partial charge on any atom is 1.00 e. The minimum absolute atomic E-state index is 0. The summed E-state index contributed by atoms with van der Waals surface area (Å²) in [5.41, 5.74) is 13.9. The molecule has 0 aromatic rings. The Bertz CT molecular complexity index is 455. The van der Waals surface area contributed by atoms with Crippen LogP contribution in [0.15, 0.2) is 0 Å². The van der Waals surface area contributed by atoms with Gasteiger partial charge in [0.05, 0.1) is 0 Å². The summed E-state index contributed by atoms with van der Waals surface area (Å²) in [4.78, 5) is 24.4. The summed E-state index contributed by atoms with van der Waals surface area (Å²) in [6.07, 6.45) is 1.02. The SMILES string of the molecule is CC(C)C[P+](N)=S.NC(N)=O.O=P(O)(O)OS(=O)(=O)O.[H-].[K+]. The molecule has 1 unspecified atom stereocenters. The number of carbonyl (C=O) groups excluding carboxylic acids is 1. The van der Waals surface area contributed by atoms with Crippen LogP contribution in [0, 0.1) is 5.92 Å². The van der Waals surface area contributed by atoms with Gasteiger partial charge in [-0.25, -0.2) is 9.36 Å². The molecule has 124 valence electrons. The minimum atomic E-state index is -5.13. The summed E-state index contributed by atoms with van der Waals surface area (Å²) in [5, 5.41) is 0. The zero-order valence-corrected chi connectivity index (χ0v) is 18.2. The molecule has 1 atom stereocenters. The van der Waals surface area contributed by atoms with Crippen molar-refractivity contribution in [1.29, 1.82) is 0 Å². The van der Waals surface area contributed by atoms with E-state index >= 15 is 0 Å². The van der Waals surface area contributed by atoms with Gasteiger partial charge < -0.3 is 22.7 Å². The molecule has 0 aromatic heterocycles. The van der Waals surface area contributed by atoms with Crippen molar-refractivity contribution in [2.45, 2.75) is 13.8 Å². The van der Waals surface area contributed by atoms with E-state index in [4.69, 9.17) is 36.4 Å². The maximum absolute atomic E-state index is 9.58. The summed E-state index contributed by atoms with van der Waals surface area (Å²) < 4.78 is 39.0. The van der Waals surface area contributed by atoms with E-state index in [-0.39, 0.29) is 52.8 Å². The van der Waals surface area contributed by atoms with Crippen LogP contribution in [0.25, 0.3) is 0 Å². The van der Waals surface area contributed by atoms with Crippen molar-refractivity contribution in [3.05, 3.63) is 0 Å². The average molecular weight is 414 g/mol. The van der Waals surface area contributed by atoms with Crippen molar-refractivity contribution in [2.24, 2.45) is 22.9 Å². The molecule has 0 saturated carbocycles. The van der Waals surface area contributed by atoms with Gasteiger partial charge in [-0.2, -0.15) is 8.42 Å². The number of rotatable bonds is 4. The van der Waals surface area contributed by atoms with Crippen LogP contribution in [0.2, 0.25) is 0 Å². The molecule has 11 nitrogen and oxygen atoms in total. The van der Waals surface area contributed by atoms with E-state index in [1.165, 1.54) is 0 Å². The smallest absolute Gasteiger partial charge is 1.00 e. The first-order chi connectivity index (χ1) is 8.57. The fourth-order valence-electron chi connectivity index (χ4n) is 0.483. The van der Waals surface area contributed by atoms with Crippen molar-refractivity contribution in [1.82, 2.24) is 0 Å². The molecule has 0 aliphatic carbocycles. The zero-order chi connectivity index (χ0) is 17.1. The van der Waals surface area contributed by atoms with Gasteiger partial charge in [-0.15, -0.1) is 9.47 Å². The molecule has 0 aliphatic heterocycles. The number of hydrogen-bond acceptors (Lipinski definition) is 6. The molecule has 2 amide bonds. The number of nitrogens with two attached hydrogens (primary N) is 3. The Hall–Kier alpha value is 1.41. The first-order valence-corrected chi connectivity index (χ1v) is 10.1. The fourth-order valence-corrected chi connectivity index (χ4v) is 3.08. The molecule has 16 heteroatoms. The van der Waals surface area contributed by atoms with Gasteiger partial charge in [0.25, 0.3) is 6.85 Å². The normalized spacial score (nSPS) is 11.1. The predicted octanol–water partition coefficient (Wildman–Crippen LogP) is -3.50. The van der Waals surface area contributed by atoms with Gasteiger partial charge in [-0.05, 0) is 5.92 Å². The molecule has 0 saturated heterocycles. The Labute approximate surface area is 172 Å². The van der Waals surface area contributed by atoms with Crippen LogP contribution >= 0.6 is 14.7 Å². The molecule has 0 rings (SSSR count). The number of phosphoric acid groups is 1. The third-order valence-corrected chi connectivity index (χ3v) is 3.80. The van der Waals surface area contributed by atoms with Crippen LogP contribution in [0.3, 0.4) is 0 Å². The van der Waals surface area contributed by atoms with E-state index in [0.717, 1.165) is 6.16 Å². The summed E-state index contributed by atoms with van der Waals surface area (Å²) in [6.45, 7) is 3.71. The maximum atomic E-state index is 9.58. The van der Waals surface area contributed by atoms with Crippen LogP contribution in [0.1, 0.15) is 15.3 Å². The quantitative estimate of drug-likeness (QED) is 0.151. The summed E-state index contributed by atoms with van der Waals surface area (Å²) in [5.74, 6) is 0.675. The Kier molecular flexibility index (Phi) is 21.6. The molecular weight excluding hydrogens is 395 g/mol. The van der Waals surface area contributed by atoms with Crippen molar-refractivity contribution >= 4 is 42.9 Å². The van der Waals surface area contributed by atoms with Gasteiger partial charge in [-0.1, -0.05) is 13.8 Å². The van der Waals surface area contributed by atoms with E-state index in [2.05, 4.69) is 29.3 Å². The van der Waals surface area contributed by atoms with E-state index in [0.29, 0.717) is 5.92 Å². The molecule has 21 heavy (non-hydrogen) atoms. The standard InChI is InChI=1S/C4H11NPS.CH4N2O.K.H3O7PS.H/c1-4(2)3-6(5)7;2-1(3)4;;1-8(2,3)7-9(4,5)6;/h4H,3H2,1-2H3,(H2,5,7);(H4,2,3,4);;(H2,1,2,3)(H,4,5,6);/q+1;;+1;;-1. The van der Waals surface area contributed by atoms with E-state index in [9.17, 15) is 13.0 Å². The van der Waals surface area contributed by atoms with Crippen LogP contribution in [0.4, 0.5) is 4.79 Å². The summed E-state index contributed by atoms with van der Waals surface area (Å²) >= 11 is 4.80. The second kappa shape index (κ2) is 15.0. The van der Waals surface area contributed by atoms with Crippen LogP contribution in [0.5, 0.6) is 0 Å². The molecule has 0 aliphatic rings. The second-order valence-corrected chi connectivity index (χ2v) is 8.43. The van der Waals surface area contributed by atoms with Crippen molar-refractivity contribution in [2.75, 3.05) is 6.16 Å². The number of hydrogen-bond donors (Lipinski definition) is 6. The van der Waals surface area contributed by atoms with Crippen molar-refractivity contribution in [3.63, 3.8) is 0 Å². The molecule has 0 aromatic carbocycles. The van der Waals surface area contributed by atoms with E-state index in [1.54, 1.807) is 0 Å². The minimum Gasteiger partial charge on any atom is -1.00 e. The number of primary amides is 2. The van der Waals surface area contributed by atoms with Crippen molar-refractivity contribution in [3.8, 4) is 0 Å². The first kappa shape index (κ1) is 30.3. The average Bonchev–Trinajstić information content (AvgIpc) is 1.90. The van der Waals surface area contributed by atoms with Gasteiger partial charge in [-0.3, -0.25) is 4.55 Å². The predicted molar refractivity (Wildman–Crippen MR) is 77.7 cm³/mol. The number of amides is 2. The van der Waals surface area contributed by atoms with Crippen molar-refractivity contribution < 1.29 is 88.9 Å². The first-order valence-electron chi connectivity index (χ1n) is 4.55. The van der Waals surface area contributed by atoms with Crippen LogP contribution < -0.4 is 68.4 Å². The molecule has 9 N–H and O–H groups in total. The molecule has 0 radical (unpaired) electrons. The monoisotopic (exact) mass is 414 g/mol.